The predicted octanol–water partition coefficient (Wildman–Crippen LogP) is 2.14. The summed E-state index contributed by atoms with van der Waals surface area (Å²) in [5.41, 5.74) is 1.35. The summed E-state index contributed by atoms with van der Waals surface area (Å²) in [6, 6.07) is 9.72. The highest BCUT2D eigenvalue weighted by molar-refractivity contribution is 7.20. The van der Waals surface area contributed by atoms with Gasteiger partial charge in [0.1, 0.15) is 10.7 Å². The maximum Gasteiger partial charge on any atom is 0.262 e. The highest BCUT2D eigenvalue weighted by Crippen LogP contribution is 2.27. The first-order valence-electron chi connectivity index (χ1n) is 9.10. The van der Waals surface area contributed by atoms with Crippen molar-refractivity contribution in [2.24, 2.45) is 0 Å². The molecule has 146 valence electrons. The number of amides is 2. The number of thiophene rings is 1. The number of hydrogen-bond donors (Lipinski definition) is 3. The van der Waals surface area contributed by atoms with Gasteiger partial charge < -0.3 is 15.6 Å². The molecule has 7 nitrogen and oxygen atoms in total. The Morgan fingerprint density at radius 1 is 1.18 bits per heavy atom. The highest BCUT2D eigenvalue weighted by atomic mass is 32.1. The lowest BCUT2D eigenvalue weighted by Crippen LogP contribution is -2.37. The van der Waals surface area contributed by atoms with E-state index in [-0.39, 0.29) is 23.9 Å². The quantitative estimate of drug-likeness (QED) is 0.567. The summed E-state index contributed by atoms with van der Waals surface area (Å²) >= 11 is 1.17. The van der Waals surface area contributed by atoms with Gasteiger partial charge in [-0.15, -0.1) is 11.3 Å². The molecule has 2 amide bonds. The molecule has 3 N–H and O–H groups in total. The second-order valence-electron chi connectivity index (χ2n) is 6.44. The zero-order valence-corrected chi connectivity index (χ0v) is 16.6. The van der Waals surface area contributed by atoms with Crippen LogP contribution in [-0.2, 0) is 11.2 Å². The van der Waals surface area contributed by atoms with Crippen LogP contribution in [0.3, 0.4) is 0 Å². The van der Waals surface area contributed by atoms with Crippen LogP contribution in [0, 0.1) is 6.92 Å². The number of nitrogens with one attached hydrogen (secondary N) is 3. The number of aryl methyl sites for hydroxylation is 1. The number of hydrogen-bond acceptors (Lipinski definition) is 5. The molecule has 3 aromatic rings. The number of H-pyrrole nitrogens is 1. The average molecular weight is 398 g/mol. The van der Waals surface area contributed by atoms with Gasteiger partial charge in [-0.2, -0.15) is 0 Å². The molecule has 0 aliphatic heterocycles. The molecule has 0 saturated carbocycles. The van der Waals surface area contributed by atoms with E-state index >= 15 is 0 Å². The first-order valence-corrected chi connectivity index (χ1v) is 9.92. The van der Waals surface area contributed by atoms with Crippen LogP contribution < -0.4 is 16.2 Å². The van der Waals surface area contributed by atoms with Crippen molar-refractivity contribution in [1.29, 1.82) is 0 Å². The largest absolute Gasteiger partial charge is 0.355 e. The fourth-order valence-corrected chi connectivity index (χ4v) is 3.96. The van der Waals surface area contributed by atoms with E-state index < -0.39 is 0 Å². The summed E-state index contributed by atoms with van der Waals surface area (Å²) < 4.78 is 0. The van der Waals surface area contributed by atoms with E-state index in [1.54, 1.807) is 6.92 Å². The van der Waals surface area contributed by atoms with Crippen molar-refractivity contribution in [3.63, 3.8) is 0 Å². The van der Waals surface area contributed by atoms with Crippen molar-refractivity contribution in [2.45, 2.75) is 26.7 Å². The molecule has 0 bridgehead atoms. The number of rotatable bonds is 7. The van der Waals surface area contributed by atoms with Gasteiger partial charge in [0.2, 0.25) is 5.91 Å². The molecule has 28 heavy (non-hydrogen) atoms. The summed E-state index contributed by atoms with van der Waals surface area (Å²) in [6.45, 7) is 4.14. The zero-order valence-electron chi connectivity index (χ0n) is 15.8. The molecule has 0 aliphatic rings. The molecule has 3 rings (SSSR count). The smallest absolute Gasteiger partial charge is 0.262 e. The Kier molecular flexibility index (Phi) is 6.20. The predicted molar refractivity (Wildman–Crippen MR) is 110 cm³/mol. The van der Waals surface area contributed by atoms with Crippen molar-refractivity contribution in [3.8, 4) is 0 Å². The fraction of sp³-hybridized carbons (Fsp3) is 0.300. The third-order valence-corrected chi connectivity index (χ3v) is 5.44. The lowest BCUT2D eigenvalue weighted by Gasteiger charge is -2.05. The molecule has 2 aromatic heterocycles. The van der Waals surface area contributed by atoms with E-state index in [0.717, 1.165) is 12.0 Å². The van der Waals surface area contributed by atoms with Crippen molar-refractivity contribution < 1.29 is 9.59 Å². The first kappa shape index (κ1) is 19.8. The number of carbonyl (C=O) groups is 2. The first-order chi connectivity index (χ1) is 13.5. The molecule has 0 atom stereocenters. The molecule has 0 radical (unpaired) electrons. The number of carbonyl (C=O) groups excluding carboxylic acids is 2. The highest BCUT2D eigenvalue weighted by Gasteiger charge is 2.19. The number of fused-ring (bicyclic) bond motifs is 1. The minimum Gasteiger partial charge on any atom is -0.355 e. The van der Waals surface area contributed by atoms with Crippen molar-refractivity contribution in [2.75, 3.05) is 13.1 Å². The fourth-order valence-electron chi connectivity index (χ4n) is 2.85. The minimum absolute atomic E-state index is 0.102. The molecule has 0 unspecified atom stereocenters. The van der Waals surface area contributed by atoms with Crippen molar-refractivity contribution in [1.82, 2.24) is 20.6 Å². The van der Waals surface area contributed by atoms with Crippen LogP contribution >= 0.6 is 11.3 Å². The Hall–Kier alpha value is -3.00. The van der Waals surface area contributed by atoms with Gasteiger partial charge in [0.25, 0.3) is 11.5 Å². The monoisotopic (exact) mass is 398 g/mol. The molecular formula is C20H22N4O3S. The van der Waals surface area contributed by atoms with Crippen LogP contribution in [0.4, 0.5) is 0 Å². The number of nitrogens with zero attached hydrogens (tertiary/aromatic N) is 1. The second-order valence-corrected chi connectivity index (χ2v) is 7.44. The van der Waals surface area contributed by atoms with Crippen LogP contribution in [0.2, 0.25) is 0 Å². The Morgan fingerprint density at radius 3 is 2.64 bits per heavy atom. The Balaban J connectivity index is 1.82. The van der Waals surface area contributed by atoms with Crippen LogP contribution in [-0.4, -0.2) is 34.9 Å². The Bertz CT molecular complexity index is 1060. The van der Waals surface area contributed by atoms with Gasteiger partial charge in [-0.1, -0.05) is 37.3 Å². The summed E-state index contributed by atoms with van der Waals surface area (Å²) in [5.74, 6) is -0.0675. The molecule has 0 aliphatic carbocycles. The van der Waals surface area contributed by atoms with E-state index in [0.29, 0.717) is 39.4 Å². The van der Waals surface area contributed by atoms with Gasteiger partial charge in [0, 0.05) is 13.0 Å². The van der Waals surface area contributed by atoms with Crippen molar-refractivity contribution in [3.05, 3.63) is 62.5 Å². The summed E-state index contributed by atoms with van der Waals surface area (Å²) in [7, 11) is 0. The normalized spacial score (nSPS) is 10.8. The van der Waals surface area contributed by atoms with Crippen LogP contribution in [0.1, 0.15) is 40.0 Å². The van der Waals surface area contributed by atoms with Gasteiger partial charge >= 0.3 is 0 Å². The number of aromatic amines is 1. The number of aromatic nitrogens is 2. The third kappa shape index (κ3) is 4.45. The van der Waals surface area contributed by atoms with Gasteiger partial charge in [0.05, 0.1) is 16.8 Å². The Labute approximate surface area is 166 Å². The van der Waals surface area contributed by atoms with E-state index in [9.17, 15) is 14.4 Å². The van der Waals surface area contributed by atoms with Gasteiger partial charge in [-0.25, -0.2) is 4.98 Å². The average Bonchev–Trinajstić information content (AvgIpc) is 3.02. The topological polar surface area (TPSA) is 104 Å². The van der Waals surface area contributed by atoms with Crippen LogP contribution in [0.15, 0.2) is 35.1 Å². The van der Waals surface area contributed by atoms with Gasteiger partial charge in [-0.3, -0.25) is 14.4 Å². The van der Waals surface area contributed by atoms with Crippen LogP contribution in [0.25, 0.3) is 10.2 Å². The minimum atomic E-state index is -0.379. The lowest BCUT2D eigenvalue weighted by molar-refractivity contribution is -0.120. The molecule has 1 aromatic carbocycles. The second kappa shape index (κ2) is 8.79. The summed E-state index contributed by atoms with van der Waals surface area (Å²) in [4.78, 5) is 45.0. The van der Waals surface area contributed by atoms with Crippen LogP contribution in [0.5, 0.6) is 0 Å². The van der Waals surface area contributed by atoms with E-state index in [1.165, 1.54) is 11.3 Å². The molecule has 0 fully saturated rings. The molecule has 0 saturated heterocycles. The molecule has 8 heteroatoms. The van der Waals surface area contributed by atoms with Crippen molar-refractivity contribution >= 4 is 33.4 Å². The molecule has 0 spiro atoms. The SMILES string of the molecule is CCCNC(=O)CNC(=O)c1sc2nc(Cc3ccccc3)[nH]c(=O)c2c1C. The maximum atomic E-state index is 12.5. The summed E-state index contributed by atoms with van der Waals surface area (Å²) in [6.07, 6.45) is 1.33. The molecular weight excluding hydrogens is 376 g/mol. The lowest BCUT2D eigenvalue weighted by atomic mass is 10.1. The standard InChI is InChI=1S/C20H22N4O3S/c1-3-9-21-15(25)11-22-19(27)17-12(2)16-18(26)23-14(24-20(16)28-17)10-13-7-5-4-6-8-13/h4-8H,3,9-11H2,1-2H3,(H,21,25)(H,22,27)(H,23,24,26). The zero-order chi connectivity index (χ0) is 20.1. The Morgan fingerprint density at radius 2 is 1.93 bits per heavy atom. The van der Waals surface area contributed by atoms with E-state index in [4.69, 9.17) is 0 Å². The summed E-state index contributed by atoms with van der Waals surface area (Å²) in [5, 5.41) is 5.72. The van der Waals surface area contributed by atoms with E-state index in [2.05, 4.69) is 20.6 Å². The third-order valence-electron chi connectivity index (χ3n) is 4.25. The van der Waals surface area contributed by atoms with Gasteiger partial charge in [0.15, 0.2) is 0 Å². The van der Waals surface area contributed by atoms with E-state index in [1.807, 2.05) is 37.3 Å². The number of benzene rings is 1. The maximum absolute atomic E-state index is 12.5. The molecule has 2 heterocycles. The van der Waals surface area contributed by atoms with Gasteiger partial charge in [-0.05, 0) is 24.5 Å².